The first-order valence-electron chi connectivity index (χ1n) is 8.54. The van der Waals surface area contributed by atoms with Crippen LogP contribution in [0.2, 0.25) is 0 Å². The fraction of sp³-hybridized carbons (Fsp3) is 0.389. The highest BCUT2D eigenvalue weighted by molar-refractivity contribution is 8.13. The predicted octanol–water partition coefficient (Wildman–Crippen LogP) is 2.68. The maximum atomic E-state index is 15.6. The third-order valence-corrected chi connectivity index (χ3v) is 5.91. The Balaban J connectivity index is 1.73. The standard InChI is InChI=1S/C18H18F2N4O3S/c1-9-14(22-10(2)27-9)15(25)23-11-3-4-13(19)12(5-11)18-7-26-6-17(18,20)8-28-16(21)24-18/h3-5H,6-8H2,1-2H3,(H2,21,24)(H,23,25)/t17-,18-/m1/s1. The maximum absolute atomic E-state index is 15.6. The molecule has 1 amide bonds. The number of anilines is 1. The largest absolute Gasteiger partial charge is 0.445 e. The van der Waals surface area contributed by atoms with Gasteiger partial charge in [-0.3, -0.25) is 4.79 Å². The van der Waals surface area contributed by atoms with E-state index in [-0.39, 0.29) is 41.1 Å². The highest BCUT2D eigenvalue weighted by Gasteiger charge is 2.61. The number of hydrogen-bond donors (Lipinski definition) is 2. The van der Waals surface area contributed by atoms with E-state index in [0.717, 1.165) is 17.8 Å². The molecule has 0 radical (unpaired) electrons. The quantitative estimate of drug-likeness (QED) is 0.810. The molecule has 7 nitrogen and oxygen atoms in total. The smallest absolute Gasteiger partial charge is 0.277 e. The molecular weight excluding hydrogens is 390 g/mol. The predicted molar refractivity (Wildman–Crippen MR) is 101 cm³/mol. The van der Waals surface area contributed by atoms with Crippen LogP contribution in [0.25, 0.3) is 0 Å². The number of halogens is 2. The summed E-state index contributed by atoms with van der Waals surface area (Å²) in [5.41, 5.74) is 2.72. The third-order valence-electron chi connectivity index (χ3n) is 4.92. The van der Waals surface area contributed by atoms with Crippen LogP contribution in [0.3, 0.4) is 0 Å². The van der Waals surface area contributed by atoms with E-state index in [2.05, 4.69) is 15.3 Å². The molecule has 1 saturated heterocycles. The Hall–Kier alpha value is -2.46. The van der Waals surface area contributed by atoms with Crippen LogP contribution in [0.15, 0.2) is 27.6 Å². The number of carbonyl (C=O) groups excluding carboxylic acids is 1. The van der Waals surface area contributed by atoms with Crippen molar-refractivity contribution in [3.05, 3.63) is 46.9 Å². The Morgan fingerprint density at radius 2 is 2.14 bits per heavy atom. The minimum Gasteiger partial charge on any atom is -0.445 e. The lowest BCUT2D eigenvalue weighted by Gasteiger charge is -2.38. The summed E-state index contributed by atoms with van der Waals surface area (Å²) in [6, 6.07) is 3.91. The summed E-state index contributed by atoms with van der Waals surface area (Å²) in [6.45, 7) is 2.91. The summed E-state index contributed by atoms with van der Waals surface area (Å²) in [5, 5.41) is 2.81. The second-order valence-electron chi connectivity index (χ2n) is 6.84. The van der Waals surface area contributed by atoms with Crippen molar-refractivity contribution in [2.45, 2.75) is 25.1 Å². The topological polar surface area (TPSA) is 103 Å². The highest BCUT2D eigenvalue weighted by Crippen LogP contribution is 2.50. The van der Waals surface area contributed by atoms with Crippen LogP contribution in [-0.4, -0.2) is 40.7 Å². The number of alkyl halides is 1. The van der Waals surface area contributed by atoms with Gasteiger partial charge in [0, 0.05) is 23.9 Å². The molecule has 0 saturated carbocycles. The van der Waals surface area contributed by atoms with Crippen LogP contribution < -0.4 is 11.1 Å². The molecule has 10 heteroatoms. The van der Waals surface area contributed by atoms with Gasteiger partial charge in [0.05, 0.1) is 13.2 Å². The lowest BCUT2D eigenvalue weighted by Crippen LogP contribution is -2.52. The summed E-state index contributed by atoms with van der Waals surface area (Å²) in [5.74, 6) is -0.431. The molecule has 0 spiro atoms. The van der Waals surface area contributed by atoms with Crippen molar-refractivity contribution in [2.75, 3.05) is 24.3 Å². The van der Waals surface area contributed by atoms with Crippen molar-refractivity contribution in [1.82, 2.24) is 4.98 Å². The lowest BCUT2D eigenvalue weighted by molar-refractivity contribution is 0.102. The van der Waals surface area contributed by atoms with Crippen LogP contribution in [0.4, 0.5) is 14.5 Å². The second-order valence-corrected chi connectivity index (χ2v) is 7.84. The van der Waals surface area contributed by atoms with Crippen molar-refractivity contribution < 1.29 is 22.7 Å². The average molecular weight is 408 g/mol. The molecule has 1 fully saturated rings. The Bertz CT molecular complexity index is 995. The lowest BCUT2D eigenvalue weighted by atomic mass is 9.79. The van der Waals surface area contributed by atoms with Gasteiger partial charge in [0.25, 0.3) is 5.91 Å². The molecule has 148 valence electrons. The fourth-order valence-electron chi connectivity index (χ4n) is 3.54. The third kappa shape index (κ3) is 2.87. The maximum Gasteiger partial charge on any atom is 0.277 e. The molecule has 3 heterocycles. The molecule has 2 atom stereocenters. The van der Waals surface area contributed by atoms with Gasteiger partial charge in [0.1, 0.15) is 11.6 Å². The molecule has 0 bridgehead atoms. The molecule has 1 aromatic heterocycles. The van der Waals surface area contributed by atoms with Crippen molar-refractivity contribution in [2.24, 2.45) is 10.7 Å². The number of nitrogens with two attached hydrogens (primary N) is 1. The van der Waals surface area contributed by atoms with E-state index in [1.807, 2.05) is 0 Å². The van der Waals surface area contributed by atoms with Crippen LogP contribution in [-0.2, 0) is 10.3 Å². The number of hydrogen-bond acceptors (Lipinski definition) is 7. The highest BCUT2D eigenvalue weighted by atomic mass is 32.2. The summed E-state index contributed by atoms with van der Waals surface area (Å²) in [7, 11) is 0. The van der Waals surface area contributed by atoms with Crippen molar-refractivity contribution in [1.29, 1.82) is 0 Å². The van der Waals surface area contributed by atoms with Crippen LogP contribution >= 0.6 is 11.8 Å². The normalized spacial score (nSPS) is 26.6. The van der Waals surface area contributed by atoms with E-state index < -0.39 is 22.9 Å². The zero-order valence-electron chi connectivity index (χ0n) is 15.2. The van der Waals surface area contributed by atoms with Gasteiger partial charge >= 0.3 is 0 Å². The number of benzene rings is 1. The zero-order chi connectivity index (χ0) is 20.1. The number of nitrogens with zero attached hydrogens (tertiary/aromatic N) is 2. The molecule has 0 unspecified atom stereocenters. The molecule has 28 heavy (non-hydrogen) atoms. The fourth-order valence-corrected chi connectivity index (χ4v) is 4.46. The molecule has 1 aromatic carbocycles. The summed E-state index contributed by atoms with van der Waals surface area (Å²) < 4.78 is 40.9. The summed E-state index contributed by atoms with van der Waals surface area (Å²) in [4.78, 5) is 20.8. The van der Waals surface area contributed by atoms with Gasteiger partial charge in [-0.25, -0.2) is 18.8 Å². The minimum atomic E-state index is -1.90. The molecular formula is C18H18F2N4O3S. The van der Waals surface area contributed by atoms with Crippen LogP contribution in [0, 0.1) is 19.7 Å². The molecule has 0 aliphatic carbocycles. The zero-order valence-corrected chi connectivity index (χ0v) is 16.0. The van der Waals surface area contributed by atoms with Crippen LogP contribution in [0.1, 0.15) is 27.7 Å². The van der Waals surface area contributed by atoms with E-state index in [9.17, 15) is 9.18 Å². The number of fused-ring (bicyclic) bond motifs is 1. The monoisotopic (exact) mass is 408 g/mol. The average Bonchev–Trinajstić information content (AvgIpc) is 3.16. The van der Waals surface area contributed by atoms with Gasteiger partial charge in [0.2, 0.25) is 0 Å². The van der Waals surface area contributed by atoms with E-state index in [1.54, 1.807) is 13.8 Å². The molecule has 3 N–H and O–H groups in total. The molecule has 2 aliphatic heterocycles. The summed E-state index contributed by atoms with van der Waals surface area (Å²) in [6.07, 6.45) is 0. The number of aryl methyl sites for hydroxylation is 2. The number of oxazole rings is 1. The molecule has 2 aliphatic rings. The van der Waals surface area contributed by atoms with Gasteiger partial charge in [-0.05, 0) is 25.1 Å². The number of carbonyl (C=O) groups is 1. The first-order valence-corrected chi connectivity index (χ1v) is 9.53. The number of rotatable bonds is 3. The molecule has 4 rings (SSSR count). The van der Waals surface area contributed by atoms with Gasteiger partial charge in [-0.2, -0.15) is 0 Å². The first kappa shape index (κ1) is 18.9. The van der Waals surface area contributed by atoms with Gasteiger partial charge in [-0.15, -0.1) is 0 Å². The summed E-state index contributed by atoms with van der Waals surface area (Å²) >= 11 is 1.07. The van der Waals surface area contributed by atoms with E-state index in [4.69, 9.17) is 14.9 Å². The van der Waals surface area contributed by atoms with E-state index >= 15 is 4.39 Å². The second kappa shape index (κ2) is 6.56. The molecule has 2 aromatic rings. The number of ether oxygens (including phenoxy) is 1. The van der Waals surface area contributed by atoms with Gasteiger partial charge in [0.15, 0.2) is 28.0 Å². The number of aromatic nitrogens is 1. The van der Waals surface area contributed by atoms with E-state index in [0.29, 0.717) is 11.7 Å². The number of nitrogens with one attached hydrogen (secondary N) is 1. The Labute approximate surface area is 163 Å². The van der Waals surface area contributed by atoms with Crippen molar-refractivity contribution in [3.63, 3.8) is 0 Å². The Kier molecular flexibility index (Phi) is 4.42. The van der Waals surface area contributed by atoms with E-state index in [1.165, 1.54) is 12.1 Å². The van der Waals surface area contributed by atoms with Crippen molar-refractivity contribution in [3.8, 4) is 0 Å². The van der Waals surface area contributed by atoms with Crippen LogP contribution in [0.5, 0.6) is 0 Å². The Morgan fingerprint density at radius 3 is 2.86 bits per heavy atom. The Morgan fingerprint density at radius 1 is 1.36 bits per heavy atom. The number of amidine groups is 1. The first-order chi connectivity index (χ1) is 13.2. The number of aliphatic imine (C=N–C) groups is 1. The van der Waals surface area contributed by atoms with Crippen molar-refractivity contribution >= 4 is 28.5 Å². The minimum absolute atomic E-state index is 0.00969. The van der Waals surface area contributed by atoms with Gasteiger partial charge < -0.3 is 20.2 Å². The SMILES string of the molecule is Cc1nc(C(=O)Nc2ccc(F)c([C@]34COC[C@@]3(F)CSC(N)=N4)c2)c(C)o1. The number of thioether (sulfide) groups is 1. The van der Waals surface area contributed by atoms with Gasteiger partial charge in [-0.1, -0.05) is 11.8 Å². The number of amides is 1.